The van der Waals surface area contributed by atoms with Crippen LogP contribution in [0.4, 0.5) is 5.69 Å². The molecule has 4 rings (SSSR count). The lowest BCUT2D eigenvalue weighted by molar-refractivity contribution is -0.116. The Morgan fingerprint density at radius 1 is 0.969 bits per heavy atom. The predicted molar refractivity (Wildman–Crippen MR) is 124 cm³/mol. The third-order valence-corrected chi connectivity index (χ3v) is 5.21. The number of hydrogen-bond donors (Lipinski definition) is 2. The molecule has 0 saturated heterocycles. The largest absolute Gasteiger partial charge is 0.495 e. The number of ether oxygens (including phenoxy) is 1. The third kappa shape index (κ3) is 4.46. The van der Waals surface area contributed by atoms with Gasteiger partial charge in [-0.3, -0.25) is 9.59 Å². The lowest BCUT2D eigenvalue weighted by Crippen LogP contribution is -2.27. The number of imidazole rings is 1. The summed E-state index contributed by atoms with van der Waals surface area (Å²) in [4.78, 5) is 30.1. The number of aromatic nitrogens is 2. The number of para-hydroxylation sites is 4. The van der Waals surface area contributed by atoms with E-state index in [1.54, 1.807) is 25.3 Å². The molecule has 1 aromatic heterocycles. The molecule has 0 saturated carbocycles. The Bertz CT molecular complexity index is 1280. The smallest absolute Gasteiger partial charge is 0.251 e. The van der Waals surface area contributed by atoms with Crippen molar-refractivity contribution in [1.29, 1.82) is 0 Å². The van der Waals surface area contributed by atoms with Gasteiger partial charge in [0.15, 0.2) is 0 Å². The molecule has 32 heavy (non-hydrogen) atoms. The molecule has 1 heterocycles. The zero-order valence-corrected chi connectivity index (χ0v) is 18.0. The molecule has 0 spiro atoms. The van der Waals surface area contributed by atoms with Gasteiger partial charge in [-0.15, -0.1) is 0 Å². The van der Waals surface area contributed by atoms with Crippen LogP contribution in [0.15, 0.2) is 72.8 Å². The van der Waals surface area contributed by atoms with Gasteiger partial charge in [0.1, 0.15) is 18.1 Å². The van der Waals surface area contributed by atoms with Gasteiger partial charge in [-0.05, 0) is 42.8 Å². The highest BCUT2D eigenvalue weighted by atomic mass is 16.5. The van der Waals surface area contributed by atoms with Gasteiger partial charge in [0.2, 0.25) is 5.91 Å². The summed E-state index contributed by atoms with van der Waals surface area (Å²) in [5, 5.41) is 5.81. The molecule has 7 heteroatoms. The fourth-order valence-electron chi connectivity index (χ4n) is 3.60. The first-order valence-electron chi connectivity index (χ1n) is 10.3. The van der Waals surface area contributed by atoms with Gasteiger partial charge in [-0.25, -0.2) is 4.98 Å². The minimum absolute atomic E-state index is 0.0497. The van der Waals surface area contributed by atoms with Crippen LogP contribution in [0.25, 0.3) is 11.0 Å². The minimum Gasteiger partial charge on any atom is -0.495 e. The van der Waals surface area contributed by atoms with Gasteiger partial charge >= 0.3 is 0 Å². The van der Waals surface area contributed by atoms with Gasteiger partial charge in [0, 0.05) is 5.56 Å². The van der Waals surface area contributed by atoms with Crippen molar-refractivity contribution in [2.45, 2.75) is 20.0 Å². The molecule has 2 N–H and O–H groups in total. The monoisotopic (exact) mass is 428 g/mol. The van der Waals surface area contributed by atoms with Crippen molar-refractivity contribution < 1.29 is 14.3 Å². The number of amides is 2. The molecule has 0 radical (unpaired) electrons. The molecular weight excluding hydrogens is 404 g/mol. The van der Waals surface area contributed by atoms with Crippen molar-refractivity contribution >= 4 is 28.5 Å². The fraction of sp³-hybridized carbons (Fsp3) is 0.160. The van der Waals surface area contributed by atoms with Crippen molar-refractivity contribution in [1.82, 2.24) is 14.9 Å². The van der Waals surface area contributed by atoms with E-state index in [0.717, 1.165) is 16.6 Å². The maximum Gasteiger partial charge on any atom is 0.251 e. The quantitative estimate of drug-likeness (QED) is 0.467. The number of hydrogen-bond acceptors (Lipinski definition) is 4. The molecule has 0 aliphatic heterocycles. The average molecular weight is 428 g/mol. The molecule has 0 atom stereocenters. The van der Waals surface area contributed by atoms with E-state index in [0.29, 0.717) is 22.8 Å². The number of rotatable bonds is 7. The summed E-state index contributed by atoms with van der Waals surface area (Å²) in [5.41, 5.74) is 3.69. The van der Waals surface area contributed by atoms with E-state index in [2.05, 4.69) is 15.6 Å². The summed E-state index contributed by atoms with van der Waals surface area (Å²) in [6, 6.07) is 22.2. The molecule has 7 nitrogen and oxygen atoms in total. The zero-order chi connectivity index (χ0) is 22.5. The fourth-order valence-corrected chi connectivity index (χ4v) is 3.60. The van der Waals surface area contributed by atoms with Crippen molar-refractivity contribution in [2.75, 3.05) is 12.4 Å². The first-order valence-corrected chi connectivity index (χ1v) is 10.3. The second-order valence-corrected chi connectivity index (χ2v) is 7.35. The van der Waals surface area contributed by atoms with Gasteiger partial charge in [0.05, 0.1) is 30.4 Å². The van der Waals surface area contributed by atoms with Crippen LogP contribution in [0.2, 0.25) is 0 Å². The van der Waals surface area contributed by atoms with E-state index in [1.165, 1.54) is 0 Å². The van der Waals surface area contributed by atoms with Gasteiger partial charge in [-0.1, -0.05) is 42.5 Å². The average Bonchev–Trinajstić information content (AvgIpc) is 3.15. The first-order chi connectivity index (χ1) is 15.6. The number of nitrogens with one attached hydrogen (secondary N) is 2. The molecular formula is C25H24N4O3. The van der Waals surface area contributed by atoms with Crippen LogP contribution in [0.5, 0.6) is 5.75 Å². The summed E-state index contributed by atoms with van der Waals surface area (Å²) in [6.45, 7) is 2.14. The Morgan fingerprint density at radius 2 is 1.69 bits per heavy atom. The Balaban J connectivity index is 1.56. The van der Waals surface area contributed by atoms with Crippen LogP contribution in [-0.4, -0.2) is 28.5 Å². The summed E-state index contributed by atoms with van der Waals surface area (Å²) in [5.74, 6) is 0.787. The van der Waals surface area contributed by atoms with E-state index >= 15 is 0 Å². The number of aryl methyl sites for hydroxylation is 1. The summed E-state index contributed by atoms with van der Waals surface area (Å²) in [7, 11) is 1.56. The summed E-state index contributed by atoms with van der Waals surface area (Å²) in [6.07, 6.45) is 0. The number of carbonyl (C=O) groups is 2. The van der Waals surface area contributed by atoms with Crippen molar-refractivity contribution in [3.63, 3.8) is 0 Å². The highest BCUT2D eigenvalue weighted by Crippen LogP contribution is 2.23. The van der Waals surface area contributed by atoms with Crippen LogP contribution in [0, 0.1) is 6.92 Å². The summed E-state index contributed by atoms with van der Waals surface area (Å²) >= 11 is 0. The number of anilines is 1. The lowest BCUT2D eigenvalue weighted by Gasteiger charge is -2.13. The maximum absolute atomic E-state index is 12.8. The number of nitrogens with zero attached hydrogens (tertiary/aromatic N) is 2. The third-order valence-electron chi connectivity index (χ3n) is 5.21. The number of benzene rings is 3. The molecule has 0 unspecified atom stereocenters. The molecule has 4 aromatic rings. The van der Waals surface area contributed by atoms with Crippen LogP contribution in [-0.2, 0) is 17.9 Å². The van der Waals surface area contributed by atoms with Crippen LogP contribution in [0.1, 0.15) is 21.7 Å². The van der Waals surface area contributed by atoms with E-state index in [4.69, 9.17) is 4.74 Å². The molecule has 0 bridgehead atoms. The highest BCUT2D eigenvalue weighted by molar-refractivity contribution is 5.95. The minimum atomic E-state index is -0.218. The van der Waals surface area contributed by atoms with Gasteiger partial charge in [0.25, 0.3) is 5.91 Å². The Labute approximate surface area is 186 Å². The first kappa shape index (κ1) is 21.1. The predicted octanol–water partition coefficient (Wildman–Crippen LogP) is 3.92. The van der Waals surface area contributed by atoms with Crippen LogP contribution < -0.4 is 15.4 Å². The molecule has 0 aliphatic carbocycles. The molecule has 162 valence electrons. The van der Waals surface area contributed by atoms with Gasteiger partial charge in [-0.2, -0.15) is 0 Å². The van der Waals surface area contributed by atoms with Crippen LogP contribution >= 0.6 is 0 Å². The molecule has 0 fully saturated rings. The number of carbonyl (C=O) groups excluding carboxylic acids is 2. The second kappa shape index (κ2) is 9.34. The van der Waals surface area contributed by atoms with E-state index < -0.39 is 0 Å². The van der Waals surface area contributed by atoms with Crippen molar-refractivity contribution in [2.24, 2.45) is 0 Å². The summed E-state index contributed by atoms with van der Waals surface area (Å²) < 4.78 is 7.13. The maximum atomic E-state index is 12.8. The number of methoxy groups -OCH3 is 1. The molecule has 3 aromatic carbocycles. The normalized spacial score (nSPS) is 10.7. The van der Waals surface area contributed by atoms with E-state index in [-0.39, 0.29) is 24.9 Å². The topological polar surface area (TPSA) is 85.2 Å². The Morgan fingerprint density at radius 3 is 2.50 bits per heavy atom. The van der Waals surface area contributed by atoms with Crippen molar-refractivity contribution in [3.8, 4) is 5.75 Å². The van der Waals surface area contributed by atoms with Gasteiger partial charge < -0.3 is 19.9 Å². The standard InChI is InChI=1S/C25H24N4O3/c1-17-9-3-4-10-18(17)25(31)26-15-23-27-19-11-5-7-13-21(19)29(23)16-24(30)28-20-12-6-8-14-22(20)32-2/h3-14H,15-16H2,1-2H3,(H,26,31)(H,28,30). The van der Waals surface area contributed by atoms with E-state index in [1.807, 2.05) is 66.1 Å². The second-order valence-electron chi connectivity index (χ2n) is 7.35. The lowest BCUT2D eigenvalue weighted by atomic mass is 10.1. The SMILES string of the molecule is COc1ccccc1NC(=O)Cn1c(CNC(=O)c2ccccc2C)nc2ccccc21. The van der Waals surface area contributed by atoms with E-state index in [9.17, 15) is 9.59 Å². The number of fused-ring (bicyclic) bond motifs is 1. The Hall–Kier alpha value is -4.13. The molecule has 2 amide bonds. The van der Waals surface area contributed by atoms with Crippen LogP contribution in [0.3, 0.4) is 0 Å². The zero-order valence-electron chi connectivity index (χ0n) is 18.0. The Kier molecular flexibility index (Phi) is 6.17. The highest BCUT2D eigenvalue weighted by Gasteiger charge is 2.16. The van der Waals surface area contributed by atoms with Crippen molar-refractivity contribution in [3.05, 3.63) is 89.7 Å². The molecule has 0 aliphatic rings.